The molecule has 2 aromatic rings. The zero-order chi connectivity index (χ0) is 21.7. The van der Waals surface area contributed by atoms with Gasteiger partial charge in [0.05, 0.1) is 18.2 Å². The topological polar surface area (TPSA) is 87.1 Å². The summed E-state index contributed by atoms with van der Waals surface area (Å²) in [4.78, 5) is 27.0. The number of ether oxygens (including phenoxy) is 1. The first kappa shape index (κ1) is 22.1. The molecule has 30 heavy (non-hydrogen) atoms. The van der Waals surface area contributed by atoms with E-state index in [1.165, 1.54) is 4.90 Å². The van der Waals surface area contributed by atoms with Crippen LogP contribution >= 0.6 is 15.9 Å². The molecule has 1 atom stereocenters. The molecular formula is C23H24BrNO5. The molecule has 2 N–H and O–H groups in total. The largest absolute Gasteiger partial charge is 0.507 e. The van der Waals surface area contributed by atoms with Crippen LogP contribution < -0.4 is 4.74 Å². The normalized spacial score (nSPS) is 18.1. The van der Waals surface area contributed by atoms with Crippen molar-refractivity contribution in [3.63, 3.8) is 0 Å². The lowest BCUT2D eigenvalue weighted by Gasteiger charge is -2.25. The maximum Gasteiger partial charge on any atom is 0.295 e. The molecule has 3 rings (SSSR count). The van der Waals surface area contributed by atoms with Crippen molar-refractivity contribution in [2.24, 2.45) is 0 Å². The molecule has 158 valence electrons. The first-order chi connectivity index (χ1) is 14.5. The Bertz CT molecular complexity index is 954. The Morgan fingerprint density at radius 1 is 1.17 bits per heavy atom. The lowest BCUT2D eigenvalue weighted by atomic mass is 9.95. The number of hydrogen-bond acceptors (Lipinski definition) is 5. The first-order valence-electron chi connectivity index (χ1n) is 9.86. The molecule has 0 unspecified atom stereocenters. The minimum Gasteiger partial charge on any atom is -0.507 e. The number of carbonyl (C=O) groups excluding carboxylic acids is 2. The second-order valence-electron chi connectivity index (χ2n) is 7.00. The number of halogens is 1. The number of ketones is 1. The summed E-state index contributed by atoms with van der Waals surface area (Å²) in [7, 11) is 0. The predicted octanol–water partition coefficient (Wildman–Crippen LogP) is 4.04. The van der Waals surface area contributed by atoms with Crippen LogP contribution in [0.5, 0.6) is 5.75 Å². The quantitative estimate of drug-likeness (QED) is 0.343. The van der Waals surface area contributed by atoms with Gasteiger partial charge < -0.3 is 19.8 Å². The molecule has 0 aliphatic carbocycles. The molecule has 6 nitrogen and oxygen atoms in total. The Morgan fingerprint density at radius 2 is 1.90 bits per heavy atom. The molecule has 1 fully saturated rings. The van der Waals surface area contributed by atoms with Crippen LogP contribution in [0.25, 0.3) is 5.76 Å². The fourth-order valence-corrected chi connectivity index (χ4v) is 3.88. The summed E-state index contributed by atoms with van der Waals surface area (Å²) >= 11 is 3.42. The highest BCUT2D eigenvalue weighted by atomic mass is 79.9. The van der Waals surface area contributed by atoms with Crippen molar-refractivity contribution in [3.05, 3.63) is 69.7 Å². The summed E-state index contributed by atoms with van der Waals surface area (Å²) in [5.41, 5.74) is 1.17. The number of nitrogens with zero attached hydrogens (tertiary/aromatic N) is 1. The average Bonchev–Trinajstić information content (AvgIpc) is 3.01. The van der Waals surface area contributed by atoms with E-state index >= 15 is 0 Å². The van der Waals surface area contributed by atoms with Crippen LogP contribution in [0.4, 0.5) is 0 Å². The molecule has 1 aliphatic heterocycles. The second kappa shape index (κ2) is 9.91. The van der Waals surface area contributed by atoms with Crippen LogP contribution in [0.3, 0.4) is 0 Å². The van der Waals surface area contributed by atoms with E-state index in [9.17, 15) is 19.8 Å². The van der Waals surface area contributed by atoms with E-state index in [1.54, 1.807) is 24.3 Å². The fraction of sp³-hybridized carbons (Fsp3) is 0.304. The van der Waals surface area contributed by atoms with Gasteiger partial charge in [-0.3, -0.25) is 9.59 Å². The van der Waals surface area contributed by atoms with Crippen LogP contribution in [-0.2, 0) is 9.59 Å². The third-order valence-corrected chi connectivity index (χ3v) is 5.36. The Morgan fingerprint density at radius 3 is 2.53 bits per heavy atom. The van der Waals surface area contributed by atoms with E-state index in [4.69, 9.17) is 4.74 Å². The Hall–Kier alpha value is -2.64. The molecule has 0 radical (unpaired) electrons. The number of aliphatic hydroxyl groups is 2. The summed E-state index contributed by atoms with van der Waals surface area (Å²) in [6.07, 6.45) is 1.21. The number of Topliss-reactive ketones (excluding diaryl/α,β-unsaturated/α-hetero) is 1. The number of amides is 1. The maximum absolute atomic E-state index is 12.9. The minimum absolute atomic E-state index is 0.0401. The summed E-state index contributed by atoms with van der Waals surface area (Å²) in [6.45, 7) is 2.70. The minimum atomic E-state index is -0.735. The average molecular weight is 474 g/mol. The lowest BCUT2D eigenvalue weighted by molar-refractivity contribution is -0.140. The van der Waals surface area contributed by atoms with Gasteiger partial charge in [-0.15, -0.1) is 0 Å². The molecule has 0 bridgehead atoms. The van der Waals surface area contributed by atoms with E-state index in [1.807, 2.05) is 31.2 Å². The number of likely N-dealkylation sites (tertiary alicyclic amines) is 1. The molecule has 0 spiro atoms. The van der Waals surface area contributed by atoms with E-state index in [2.05, 4.69) is 15.9 Å². The summed E-state index contributed by atoms with van der Waals surface area (Å²) in [5.74, 6) is -0.980. The van der Waals surface area contributed by atoms with Gasteiger partial charge in [-0.25, -0.2) is 0 Å². The van der Waals surface area contributed by atoms with E-state index in [-0.39, 0.29) is 24.5 Å². The van der Waals surface area contributed by atoms with Gasteiger partial charge in [0, 0.05) is 23.2 Å². The SMILES string of the molecule is CCCOc1ccc(C(O)=C2C(=O)C(=O)N(CCCO)[C@@H]2c2cccc(Br)c2)cc1. The monoisotopic (exact) mass is 473 g/mol. The van der Waals surface area contributed by atoms with Crippen LogP contribution in [0.1, 0.15) is 36.9 Å². The zero-order valence-electron chi connectivity index (χ0n) is 16.7. The number of aliphatic hydroxyl groups excluding tert-OH is 2. The summed E-state index contributed by atoms with van der Waals surface area (Å²) in [6, 6.07) is 13.3. The highest BCUT2D eigenvalue weighted by Crippen LogP contribution is 2.40. The van der Waals surface area contributed by atoms with Gasteiger partial charge in [-0.1, -0.05) is 35.0 Å². The highest BCUT2D eigenvalue weighted by molar-refractivity contribution is 9.10. The number of benzene rings is 2. The molecule has 7 heteroatoms. The highest BCUT2D eigenvalue weighted by Gasteiger charge is 2.45. The number of carbonyl (C=O) groups is 2. The van der Waals surface area contributed by atoms with E-state index in [0.717, 1.165) is 10.9 Å². The van der Waals surface area contributed by atoms with Gasteiger partial charge in [0.1, 0.15) is 11.5 Å². The van der Waals surface area contributed by atoms with Gasteiger partial charge in [0.25, 0.3) is 11.7 Å². The van der Waals surface area contributed by atoms with Crippen molar-refractivity contribution in [1.82, 2.24) is 4.90 Å². The third kappa shape index (κ3) is 4.57. The molecule has 0 saturated carbocycles. The first-order valence-corrected chi connectivity index (χ1v) is 10.6. The Labute approximate surface area is 183 Å². The standard InChI is InChI=1S/C23H24BrNO5/c1-2-13-30-18-9-7-15(8-10-18)21(27)19-20(16-5-3-6-17(24)14-16)25(11-4-12-26)23(29)22(19)28/h3,5-10,14,20,26-27H,2,4,11-13H2,1H3/t20-/m1/s1. The summed E-state index contributed by atoms with van der Waals surface area (Å²) < 4.78 is 6.36. The van der Waals surface area contributed by atoms with Crippen molar-refractivity contribution in [2.45, 2.75) is 25.8 Å². The van der Waals surface area contributed by atoms with Crippen LogP contribution in [0.2, 0.25) is 0 Å². The van der Waals surface area contributed by atoms with Crippen molar-refractivity contribution < 1.29 is 24.5 Å². The molecule has 1 aliphatic rings. The molecule has 0 aromatic heterocycles. The fourth-order valence-electron chi connectivity index (χ4n) is 3.46. The van der Waals surface area contributed by atoms with Crippen molar-refractivity contribution in [2.75, 3.05) is 19.8 Å². The smallest absolute Gasteiger partial charge is 0.295 e. The molecular weight excluding hydrogens is 450 g/mol. The Balaban J connectivity index is 2.06. The molecule has 1 amide bonds. The van der Waals surface area contributed by atoms with E-state index in [0.29, 0.717) is 29.9 Å². The lowest BCUT2D eigenvalue weighted by Crippen LogP contribution is -2.31. The van der Waals surface area contributed by atoms with Gasteiger partial charge in [-0.2, -0.15) is 0 Å². The molecule has 1 saturated heterocycles. The number of rotatable bonds is 8. The predicted molar refractivity (Wildman–Crippen MR) is 117 cm³/mol. The Kier molecular flexibility index (Phi) is 7.29. The van der Waals surface area contributed by atoms with Crippen molar-refractivity contribution in [1.29, 1.82) is 0 Å². The number of hydrogen-bond donors (Lipinski definition) is 2. The van der Waals surface area contributed by atoms with Gasteiger partial charge in [0.15, 0.2) is 0 Å². The molecule has 2 aromatic carbocycles. The third-order valence-electron chi connectivity index (χ3n) is 4.86. The second-order valence-corrected chi connectivity index (χ2v) is 7.91. The molecule has 1 heterocycles. The van der Waals surface area contributed by atoms with Gasteiger partial charge >= 0.3 is 0 Å². The summed E-state index contributed by atoms with van der Waals surface area (Å²) in [5, 5.41) is 20.2. The van der Waals surface area contributed by atoms with Crippen LogP contribution in [-0.4, -0.2) is 46.6 Å². The van der Waals surface area contributed by atoms with Crippen molar-refractivity contribution in [3.8, 4) is 5.75 Å². The van der Waals surface area contributed by atoms with Crippen LogP contribution in [0.15, 0.2) is 58.6 Å². The van der Waals surface area contributed by atoms with Crippen molar-refractivity contribution >= 4 is 33.4 Å². The van der Waals surface area contributed by atoms with Gasteiger partial charge in [-0.05, 0) is 54.8 Å². The van der Waals surface area contributed by atoms with E-state index < -0.39 is 17.7 Å². The zero-order valence-corrected chi connectivity index (χ0v) is 18.3. The maximum atomic E-state index is 12.9. The van der Waals surface area contributed by atoms with Gasteiger partial charge in [0.2, 0.25) is 0 Å². The van der Waals surface area contributed by atoms with Crippen LogP contribution in [0, 0.1) is 0 Å².